The second-order valence-electron chi connectivity index (χ2n) is 10.4. The molecule has 1 saturated heterocycles. The first-order valence-corrected chi connectivity index (χ1v) is 15.9. The van der Waals surface area contributed by atoms with Gasteiger partial charge in [-0.05, 0) is 73.4 Å². The first-order valence-electron chi connectivity index (χ1n) is 13.6. The number of hydrogen-bond donors (Lipinski definition) is 1. The van der Waals surface area contributed by atoms with Crippen molar-refractivity contribution in [1.29, 1.82) is 0 Å². The Balaban J connectivity index is 0.00000337. The number of carbonyl (C=O) groups excluding carboxylic acids is 1. The van der Waals surface area contributed by atoms with Gasteiger partial charge >= 0.3 is 0 Å². The Hall–Kier alpha value is -3.18. The molecule has 11 heteroatoms. The second-order valence-corrected chi connectivity index (χ2v) is 13.3. The van der Waals surface area contributed by atoms with E-state index in [-0.39, 0.29) is 23.2 Å². The van der Waals surface area contributed by atoms with Crippen LogP contribution < -0.4 is 14.5 Å². The molecule has 0 atom stereocenters. The van der Waals surface area contributed by atoms with Crippen LogP contribution in [0.15, 0.2) is 65.6 Å². The molecular formula is C30H34ClN5O3S2. The standard InChI is InChI=1S/C30H33N5O3S2.ClH/c1-21-7-12-27-28(22(21)2)32-30(39-27)34-19-17-33(18-20-34)16-14-31-29(36)24-8-10-25(11-9-24)40(37,38)35-15-13-23-5-3-4-6-26(23)35;/h3-12H,13-20H2,1-2H3,(H,31,36);1H. The lowest BCUT2D eigenvalue weighted by atomic mass is 10.1. The summed E-state index contributed by atoms with van der Waals surface area (Å²) in [5.41, 5.74) is 5.85. The van der Waals surface area contributed by atoms with Crippen molar-refractivity contribution in [2.24, 2.45) is 0 Å². The van der Waals surface area contributed by atoms with Crippen molar-refractivity contribution < 1.29 is 13.2 Å². The normalized spacial score (nSPS) is 15.6. The van der Waals surface area contributed by atoms with E-state index in [1.807, 2.05) is 24.3 Å². The highest BCUT2D eigenvalue weighted by Crippen LogP contribution is 2.33. The first kappa shape index (κ1) is 29.3. The monoisotopic (exact) mass is 611 g/mol. The summed E-state index contributed by atoms with van der Waals surface area (Å²) in [4.78, 5) is 22.6. The molecule has 41 heavy (non-hydrogen) atoms. The molecule has 0 saturated carbocycles. The fourth-order valence-electron chi connectivity index (χ4n) is 5.41. The zero-order valence-corrected chi connectivity index (χ0v) is 25.6. The van der Waals surface area contributed by atoms with Gasteiger partial charge in [0, 0.05) is 51.4 Å². The number of carbonyl (C=O) groups is 1. The average molecular weight is 612 g/mol. The number of aromatic nitrogens is 1. The summed E-state index contributed by atoms with van der Waals surface area (Å²) in [6.45, 7) is 9.62. The van der Waals surface area contributed by atoms with Gasteiger partial charge in [-0.15, -0.1) is 12.4 Å². The minimum atomic E-state index is -3.68. The number of nitrogens with zero attached hydrogens (tertiary/aromatic N) is 4. The summed E-state index contributed by atoms with van der Waals surface area (Å²) in [5, 5.41) is 4.06. The van der Waals surface area contributed by atoms with Crippen LogP contribution in [-0.2, 0) is 16.4 Å². The highest BCUT2D eigenvalue weighted by Gasteiger charge is 2.30. The van der Waals surface area contributed by atoms with E-state index < -0.39 is 10.0 Å². The molecule has 4 aromatic rings. The third kappa shape index (κ3) is 5.79. The Morgan fingerprint density at radius 2 is 1.68 bits per heavy atom. The van der Waals surface area contributed by atoms with Crippen LogP contribution in [0.25, 0.3) is 10.2 Å². The predicted octanol–water partition coefficient (Wildman–Crippen LogP) is 4.64. The van der Waals surface area contributed by atoms with Gasteiger partial charge < -0.3 is 10.2 Å². The summed E-state index contributed by atoms with van der Waals surface area (Å²) >= 11 is 1.75. The number of rotatable bonds is 7. The van der Waals surface area contributed by atoms with E-state index in [0.29, 0.717) is 25.1 Å². The molecule has 1 aromatic heterocycles. The molecule has 3 heterocycles. The number of anilines is 2. The van der Waals surface area contributed by atoms with Gasteiger partial charge in [0.1, 0.15) is 0 Å². The van der Waals surface area contributed by atoms with Crippen LogP contribution in [0.1, 0.15) is 27.0 Å². The summed E-state index contributed by atoms with van der Waals surface area (Å²) in [6, 6.07) is 18.1. The number of nitrogens with one attached hydrogen (secondary N) is 1. The van der Waals surface area contributed by atoms with Crippen LogP contribution >= 0.6 is 23.7 Å². The number of aryl methyl sites for hydroxylation is 2. The molecule has 0 radical (unpaired) electrons. The van der Waals surface area contributed by atoms with Crippen LogP contribution in [0.3, 0.4) is 0 Å². The third-order valence-electron chi connectivity index (χ3n) is 7.98. The van der Waals surface area contributed by atoms with Crippen molar-refractivity contribution in [3.05, 3.63) is 82.9 Å². The maximum Gasteiger partial charge on any atom is 0.264 e. The summed E-state index contributed by atoms with van der Waals surface area (Å²) < 4.78 is 29.1. The highest BCUT2D eigenvalue weighted by atomic mass is 35.5. The number of thiazole rings is 1. The van der Waals surface area contributed by atoms with Crippen molar-refractivity contribution in [2.45, 2.75) is 25.2 Å². The second kappa shape index (κ2) is 12.0. The highest BCUT2D eigenvalue weighted by molar-refractivity contribution is 7.92. The Morgan fingerprint density at radius 3 is 2.44 bits per heavy atom. The van der Waals surface area contributed by atoms with E-state index in [1.54, 1.807) is 23.5 Å². The number of fused-ring (bicyclic) bond motifs is 2. The summed E-state index contributed by atoms with van der Waals surface area (Å²) in [5.74, 6) is -0.200. The molecule has 216 valence electrons. The van der Waals surface area contributed by atoms with Crippen molar-refractivity contribution in [3.63, 3.8) is 0 Å². The van der Waals surface area contributed by atoms with E-state index in [1.165, 1.54) is 32.3 Å². The molecule has 0 unspecified atom stereocenters. The maximum atomic E-state index is 13.2. The molecule has 1 amide bonds. The van der Waals surface area contributed by atoms with Crippen molar-refractivity contribution >= 4 is 60.7 Å². The number of sulfonamides is 1. The van der Waals surface area contributed by atoms with Gasteiger partial charge in [-0.2, -0.15) is 0 Å². The molecule has 8 nitrogen and oxygen atoms in total. The van der Waals surface area contributed by atoms with Gasteiger partial charge in [0.25, 0.3) is 15.9 Å². The fourth-order valence-corrected chi connectivity index (χ4v) is 7.99. The van der Waals surface area contributed by atoms with Crippen molar-refractivity contribution in [3.8, 4) is 0 Å². The lowest BCUT2D eigenvalue weighted by Crippen LogP contribution is -2.48. The minimum absolute atomic E-state index is 0. The van der Waals surface area contributed by atoms with Gasteiger partial charge in [0.2, 0.25) is 0 Å². The lowest BCUT2D eigenvalue weighted by Gasteiger charge is -2.34. The molecule has 0 bridgehead atoms. The zero-order valence-electron chi connectivity index (χ0n) is 23.2. The van der Waals surface area contributed by atoms with Crippen LogP contribution in [0.4, 0.5) is 10.8 Å². The molecule has 0 spiro atoms. The summed E-state index contributed by atoms with van der Waals surface area (Å²) in [6.07, 6.45) is 0.701. The van der Waals surface area contributed by atoms with Gasteiger partial charge in [-0.1, -0.05) is 35.6 Å². The smallest absolute Gasteiger partial charge is 0.264 e. The Bertz CT molecular complexity index is 1670. The van der Waals surface area contributed by atoms with Gasteiger partial charge in [-0.3, -0.25) is 14.0 Å². The van der Waals surface area contributed by atoms with Crippen molar-refractivity contribution in [2.75, 3.05) is 55.0 Å². The Morgan fingerprint density at radius 1 is 0.951 bits per heavy atom. The first-order chi connectivity index (χ1) is 19.3. The zero-order chi connectivity index (χ0) is 27.9. The lowest BCUT2D eigenvalue weighted by molar-refractivity contribution is 0.0947. The Labute approximate surface area is 251 Å². The average Bonchev–Trinajstić information content (AvgIpc) is 3.61. The largest absolute Gasteiger partial charge is 0.351 e. The molecule has 3 aromatic carbocycles. The van der Waals surface area contributed by atoms with Crippen LogP contribution in [0.5, 0.6) is 0 Å². The van der Waals surface area contributed by atoms with E-state index in [9.17, 15) is 13.2 Å². The quantitative estimate of drug-likeness (QED) is 0.328. The predicted molar refractivity (Wildman–Crippen MR) is 168 cm³/mol. The fraction of sp³-hybridized carbons (Fsp3) is 0.333. The maximum absolute atomic E-state index is 13.2. The topological polar surface area (TPSA) is 85.8 Å². The van der Waals surface area contributed by atoms with E-state index >= 15 is 0 Å². The van der Waals surface area contributed by atoms with Gasteiger partial charge in [0.15, 0.2) is 5.13 Å². The number of amides is 1. The minimum Gasteiger partial charge on any atom is -0.351 e. The SMILES string of the molecule is Cc1ccc2sc(N3CCN(CCNC(=O)c4ccc(S(=O)(=O)N5CCc6ccccc65)cc4)CC3)nc2c1C.Cl. The number of piperazine rings is 1. The molecule has 0 aliphatic carbocycles. The number of para-hydroxylation sites is 1. The molecule has 2 aliphatic rings. The van der Waals surface area contributed by atoms with Crippen LogP contribution in [-0.4, -0.2) is 70.0 Å². The Kier molecular flexibility index (Phi) is 8.56. The van der Waals surface area contributed by atoms with E-state index in [4.69, 9.17) is 4.98 Å². The molecule has 2 aliphatic heterocycles. The van der Waals surface area contributed by atoms with Crippen LogP contribution in [0, 0.1) is 13.8 Å². The third-order valence-corrected chi connectivity index (χ3v) is 10.9. The molecular weight excluding hydrogens is 578 g/mol. The summed E-state index contributed by atoms with van der Waals surface area (Å²) in [7, 11) is -3.68. The number of benzene rings is 3. The van der Waals surface area contributed by atoms with E-state index in [2.05, 4.69) is 41.1 Å². The number of hydrogen-bond acceptors (Lipinski definition) is 7. The molecule has 1 N–H and O–H groups in total. The number of halogens is 1. The molecule has 1 fully saturated rings. The molecule has 6 rings (SSSR count). The van der Waals surface area contributed by atoms with Crippen molar-refractivity contribution in [1.82, 2.24) is 15.2 Å². The van der Waals surface area contributed by atoms with Crippen LogP contribution in [0.2, 0.25) is 0 Å². The van der Waals surface area contributed by atoms with E-state index in [0.717, 1.165) is 54.6 Å². The van der Waals surface area contributed by atoms with Gasteiger partial charge in [0.05, 0.1) is 20.8 Å². The van der Waals surface area contributed by atoms with Gasteiger partial charge in [-0.25, -0.2) is 13.4 Å².